The molecule has 0 unspecified atom stereocenters. The summed E-state index contributed by atoms with van der Waals surface area (Å²) in [5, 5.41) is 6.15. The molecule has 1 rings (SSSR count). The van der Waals surface area contributed by atoms with Crippen molar-refractivity contribution in [3.63, 3.8) is 0 Å². The minimum absolute atomic E-state index is 0.00799. The summed E-state index contributed by atoms with van der Waals surface area (Å²) in [6.45, 7) is 7.41. The first-order chi connectivity index (χ1) is 8.29. The number of halogens is 3. The summed E-state index contributed by atoms with van der Waals surface area (Å²) in [5.41, 5.74) is -0.124. The maximum Gasteiger partial charge on any atom is 0.133 e. The lowest BCUT2D eigenvalue weighted by molar-refractivity contribution is 0.419. The summed E-state index contributed by atoms with van der Waals surface area (Å²) in [5.74, 6) is -2.62. The third-order valence-corrected chi connectivity index (χ3v) is 2.36. The van der Waals surface area contributed by atoms with Crippen molar-refractivity contribution in [2.75, 3.05) is 13.1 Å². The topological polar surface area (TPSA) is 24.1 Å². The largest absolute Gasteiger partial charge is 0.311 e. The zero-order valence-corrected chi connectivity index (χ0v) is 10.9. The van der Waals surface area contributed by atoms with Gasteiger partial charge in [0.25, 0.3) is 0 Å². The molecule has 0 spiro atoms. The van der Waals surface area contributed by atoms with E-state index in [1.165, 1.54) is 0 Å². The number of hydrogen-bond donors (Lipinski definition) is 2. The second kappa shape index (κ2) is 6.20. The minimum Gasteiger partial charge on any atom is -0.311 e. The van der Waals surface area contributed by atoms with Gasteiger partial charge in [0.1, 0.15) is 17.5 Å². The summed E-state index contributed by atoms with van der Waals surface area (Å²) >= 11 is 0. The maximum atomic E-state index is 13.3. The van der Waals surface area contributed by atoms with Crippen molar-refractivity contribution >= 4 is 0 Å². The second-order valence-electron chi connectivity index (χ2n) is 5.20. The Morgan fingerprint density at radius 3 is 2.06 bits per heavy atom. The molecular weight excluding hydrogens is 241 g/mol. The van der Waals surface area contributed by atoms with E-state index in [9.17, 15) is 13.2 Å². The van der Waals surface area contributed by atoms with E-state index in [1.54, 1.807) is 0 Å². The molecule has 0 aliphatic carbocycles. The van der Waals surface area contributed by atoms with Crippen molar-refractivity contribution < 1.29 is 13.2 Å². The summed E-state index contributed by atoms with van der Waals surface area (Å²) in [4.78, 5) is 0. The number of hydrogen-bond acceptors (Lipinski definition) is 2. The fraction of sp³-hybridized carbons (Fsp3) is 0.538. The standard InChI is InChI=1S/C13H19F3N2/c1-13(2,3)18-5-4-17-8-10-11(15)6-9(14)7-12(10)16/h6-7,17-18H,4-5,8H2,1-3H3. The van der Waals surface area contributed by atoms with Gasteiger partial charge in [-0.3, -0.25) is 0 Å². The summed E-state index contributed by atoms with van der Waals surface area (Å²) < 4.78 is 39.2. The van der Waals surface area contributed by atoms with E-state index < -0.39 is 17.5 Å². The van der Waals surface area contributed by atoms with Gasteiger partial charge in [-0.1, -0.05) is 0 Å². The smallest absolute Gasteiger partial charge is 0.133 e. The van der Waals surface area contributed by atoms with E-state index in [-0.39, 0.29) is 17.6 Å². The molecule has 2 N–H and O–H groups in total. The molecule has 0 aliphatic heterocycles. The van der Waals surface area contributed by atoms with Gasteiger partial charge in [-0.05, 0) is 20.8 Å². The molecule has 0 atom stereocenters. The van der Waals surface area contributed by atoms with E-state index in [2.05, 4.69) is 10.6 Å². The number of benzene rings is 1. The van der Waals surface area contributed by atoms with Crippen LogP contribution in [0, 0.1) is 17.5 Å². The molecule has 0 aromatic heterocycles. The Kier molecular flexibility index (Phi) is 5.16. The Morgan fingerprint density at radius 1 is 1.00 bits per heavy atom. The Morgan fingerprint density at radius 2 is 1.56 bits per heavy atom. The first-order valence-corrected chi connectivity index (χ1v) is 5.89. The highest BCUT2D eigenvalue weighted by Crippen LogP contribution is 2.14. The molecule has 0 radical (unpaired) electrons. The normalized spacial score (nSPS) is 11.9. The predicted molar refractivity (Wildman–Crippen MR) is 65.8 cm³/mol. The average molecular weight is 260 g/mol. The highest BCUT2D eigenvalue weighted by molar-refractivity contribution is 5.20. The van der Waals surface area contributed by atoms with Crippen molar-refractivity contribution in [1.82, 2.24) is 10.6 Å². The van der Waals surface area contributed by atoms with E-state index in [1.807, 2.05) is 20.8 Å². The van der Waals surface area contributed by atoms with Crippen molar-refractivity contribution in [3.05, 3.63) is 35.1 Å². The van der Waals surface area contributed by atoms with Crippen LogP contribution in [0.25, 0.3) is 0 Å². The number of rotatable bonds is 5. The molecule has 0 aliphatic rings. The van der Waals surface area contributed by atoms with Crippen LogP contribution in [0.1, 0.15) is 26.3 Å². The van der Waals surface area contributed by atoms with Gasteiger partial charge in [0.05, 0.1) is 0 Å². The quantitative estimate of drug-likeness (QED) is 0.795. The second-order valence-corrected chi connectivity index (χ2v) is 5.20. The zero-order chi connectivity index (χ0) is 13.8. The lowest BCUT2D eigenvalue weighted by Gasteiger charge is -2.20. The van der Waals surface area contributed by atoms with Crippen molar-refractivity contribution in [3.8, 4) is 0 Å². The van der Waals surface area contributed by atoms with Crippen LogP contribution >= 0.6 is 0 Å². The Hall–Kier alpha value is -1.07. The molecule has 5 heteroatoms. The first kappa shape index (κ1) is 15.0. The molecule has 0 saturated heterocycles. The van der Waals surface area contributed by atoms with Gasteiger partial charge < -0.3 is 10.6 Å². The highest BCUT2D eigenvalue weighted by Gasteiger charge is 2.11. The van der Waals surface area contributed by atoms with E-state index in [4.69, 9.17) is 0 Å². The molecule has 0 amide bonds. The van der Waals surface area contributed by atoms with Gasteiger partial charge in [-0.25, -0.2) is 13.2 Å². The molecule has 1 aromatic rings. The molecule has 1 aromatic carbocycles. The molecule has 0 bridgehead atoms. The SMILES string of the molecule is CC(C)(C)NCCNCc1c(F)cc(F)cc1F. The third-order valence-electron chi connectivity index (χ3n) is 2.36. The van der Waals surface area contributed by atoms with Crippen molar-refractivity contribution in [1.29, 1.82) is 0 Å². The lowest BCUT2D eigenvalue weighted by atomic mass is 10.1. The van der Waals surface area contributed by atoms with Crippen LogP contribution in [0.3, 0.4) is 0 Å². The lowest BCUT2D eigenvalue weighted by Crippen LogP contribution is -2.40. The van der Waals surface area contributed by atoms with Crippen LogP contribution < -0.4 is 10.6 Å². The monoisotopic (exact) mass is 260 g/mol. The van der Waals surface area contributed by atoms with E-state index in [0.717, 1.165) is 0 Å². The van der Waals surface area contributed by atoms with Crippen molar-refractivity contribution in [2.24, 2.45) is 0 Å². The molecule has 0 saturated carbocycles. The van der Waals surface area contributed by atoms with Gasteiger partial charge in [0, 0.05) is 42.9 Å². The van der Waals surface area contributed by atoms with E-state index in [0.29, 0.717) is 25.2 Å². The zero-order valence-electron chi connectivity index (χ0n) is 10.9. The molecule has 102 valence electrons. The van der Waals surface area contributed by atoms with Crippen LogP contribution in [-0.4, -0.2) is 18.6 Å². The van der Waals surface area contributed by atoms with Gasteiger partial charge in [-0.2, -0.15) is 0 Å². The Balaban J connectivity index is 2.41. The predicted octanol–water partition coefficient (Wildman–Crippen LogP) is 2.58. The first-order valence-electron chi connectivity index (χ1n) is 5.89. The number of nitrogens with one attached hydrogen (secondary N) is 2. The fourth-order valence-corrected chi connectivity index (χ4v) is 1.48. The summed E-state index contributed by atoms with van der Waals surface area (Å²) in [6.07, 6.45) is 0. The van der Waals surface area contributed by atoms with E-state index >= 15 is 0 Å². The van der Waals surface area contributed by atoms with Crippen LogP contribution in [0.5, 0.6) is 0 Å². The van der Waals surface area contributed by atoms with Gasteiger partial charge in [-0.15, -0.1) is 0 Å². The van der Waals surface area contributed by atoms with Crippen LogP contribution in [0.15, 0.2) is 12.1 Å². The average Bonchev–Trinajstić information content (AvgIpc) is 2.19. The van der Waals surface area contributed by atoms with Gasteiger partial charge >= 0.3 is 0 Å². The Bertz CT molecular complexity index is 377. The summed E-state index contributed by atoms with van der Waals surface area (Å²) in [6, 6.07) is 1.38. The fourth-order valence-electron chi connectivity index (χ4n) is 1.48. The molecule has 0 heterocycles. The molecular formula is C13H19F3N2. The van der Waals surface area contributed by atoms with Crippen LogP contribution in [0.4, 0.5) is 13.2 Å². The van der Waals surface area contributed by atoms with Gasteiger partial charge in [0.15, 0.2) is 0 Å². The van der Waals surface area contributed by atoms with Gasteiger partial charge in [0.2, 0.25) is 0 Å². The third kappa shape index (κ3) is 5.06. The summed E-state index contributed by atoms with van der Waals surface area (Å²) in [7, 11) is 0. The molecule has 0 fully saturated rings. The maximum absolute atomic E-state index is 13.3. The van der Waals surface area contributed by atoms with Crippen LogP contribution in [0.2, 0.25) is 0 Å². The minimum atomic E-state index is -0.900. The van der Waals surface area contributed by atoms with Crippen LogP contribution in [-0.2, 0) is 6.54 Å². The Labute approximate surface area is 106 Å². The van der Waals surface area contributed by atoms with Crippen molar-refractivity contribution in [2.45, 2.75) is 32.9 Å². The highest BCUT2D eigenvalue weighted by atomic mass is 19.1. The molecule has 2 nitrogen and oxygen atoms in total. The molecule has 18 heavy (non-hydrogen) atoms.